The maximum atomic E-state index is 12.4. The van der Waals surface area contributed by atoms with Crippen LogP contribution in [0.5, 0.6) is 5.75 Å². The van der Waals surface area contributed by atoms with Crippen molar-refractivity contribution in [3.63, 3.8) is 0 Å². The lowest BCUT2D eigenvalue weighted by molar-refractivity contribution is 0.102. The molecule has 0 bridgehead atoms. The Morgan fingerprint density at radius 1 is 1.21 bits per heavy atom. The third kappa shape index (κ3) is 3.36. The van der Waals surface area contributed by atoms with E-state index >= 15 is 0 Å². The maximum Gasteiger partial charge on any atom is 0.255 e. The van der Waals surface area contributed by atoms with Gasteiger partial charge in [0.15, 0.2) is 0 Å². The van der Waals surface area contributed by atoms with Crippen LogP contribution in [0.15, 0.2) is 54.7 Å². The van der Waals surface area contributed by atoms with Gasteiger partial charge < -0.3 is 15.2 Å². The molecule has 5 heteroatoms. The summed E-state index contributed by atoms with van der Waals surface area (Å²) in [5.41, 5.74) is 2.64. The Morgan fingerprint density at radius 2 is 2.08 bits per heavy atom. The van der Waals surface area contributed by atoms with E-state index in [1.54, 1.807) is 36.5 Å². The van der Waals surface area contributed by atoms with Crippen LogP contribution in [0.3, 0.4) is 0 Å². The lowest BCUT2D eigenvalue weighted by atomic mass is 10.1. The van der Waals surface area contributed by atoms with Crippen molar-refractivity contribution >= 4 is 22.5 Å². The smallest absolute Gasteiger partial charge is 0.255 e. The largest absolute Gasteiger partial charge is 0.494 e. The molecule has 5 nitrogen and oxygen atoms in total. The molecule has 3 rings (SSSR count). The summed E-state index contributed by atoms with van der Waals surface area (Å²) in [5, 5.41) is 13.2. The molecule has 0 radical (unpaired) electrons. The first-order chi connectivity index (χ1) is 11.7. The van der Waals surface area contributed by atoms with Crippen molar-refractivity contribution < 1.29 is 14.6 Å². The number of ether oxygens (including phenoxy) is 1. The number of anilines is 1. The Labute approximate surface area is 139 Å². The molecule has 0 unspecified atom stereocenters. The first-order valence-corrected chi connectivity index (χ1v) is 7.74. The summed E-state index contributed by atoms with van der Waals surface area (Å²) >= 11 is 0. The molecule has 1 aromatic heterocycles. The molecule has 0 aliphatic carbocycles. The van der Waals surface area contributed by atoms with Crippen LogP contribution >= 0.6 is 0 Å². The predicted octanol–water partition coefficient (Wildman–Crippen LogP) is 3.38. The van der Waals surface area contributed by atoms with Crippen LogP contribution in [0, 0.1) is 0 Å². The molecular formula is C19H18N2O3. The number of aromatic nitrogens is 1. The molecule has 0 fully saturated rings. The van der Waals surface area contributed by atoms with Crippen molar-refractivity contribution in [2.24, 2.45) is 0 Å². The number of hydrogen-bond donors (Lipinski definition) is 2. The van der Waals surface area contributed by atoms with Crippen LogP contribution < -0.4 is 10.1 Å². The van der Waals surface area contributed by atoms with Crippen molar-refractivity contribution in [1.29, 1.82) is 0 Å². The molecule has 122 valence electrons. The fraction of sp³-hybridized carbons (Fsp3) is 0.158. The van der Waals surface area contributed by atoms with E-state index in [9.17, 15) is 9.90 Å². The summed E-state index contributed by atoms with van der Waals surface area (Å²) in [6.07, 6.45) is 1.72. The number of hydrogen-bond acceptors (Lipinski definition) is 4. The highest BCUT2D eigenvalue weighted by Crippen LogP contribution is 2.23. The summed E-state index contributed by atoms with van der Waals surface area (Å²) < 4.78 is 5.44. The van der Waals surface area contributed by atoms with E-state index in [4.69, 9.17) is 4.74 Å². The fourth-order valence-electron chi connectivity index (χ4n) is 2.50. The van der Waals surface area contributed by atoms with Gasteiger partial charge in [-0.25, -0.2) is 0 Å². The molecule has 0 aliphatic heterocycles. The number of carbonyl (C=O) groups excluding carboxylic acids is 1. The van der Waals surface area contributed by atoms with E-state index < -0.39 is 0 Å². The van der Waals surface area contributed by atoms with E-state index in [1.807, 2.05) is 25.1 Å². The third-order valence-corrected chi connectivity index (χ3v) is 3.65. The second kappa shape index (κ2) is 7.10. The number of nitrogens with one attached hydrogen (secondary N) is 1. The van der Waals surface area contributed by atoms with Gasteiger partial charge >= 0.3 is 0 Å². The maximum absolute atomic E-state index is 12.4. The lowest BCUT2D eigenvalue weighted by Crippen LogP contribution is -2.12. The molecule has 2 aromatic carbocycles. The number of carbonyl (C=O) groups is 1. The van der Waals surface area contributed by atoms with Crippen molar-refractivity contribution in [1.82, 2.24) is 4.98 Å². The second-order valence-corrected chi connectivity index (χ2v) is 5.28. The third-order valence-electron chi connectivity index (χ3n) is 3.65. The molecule has 24 heavy (non-hydrogen) atoms. The van der Waals surface area contributed by atoms with E-state index in [2.05, 4.69) is 10.3 Å². The van der Waals surface area contributed by atoms with Gasteiger partial charge in [0.2, 0.25) is 0 Å². The monoisotopic (exact) mass is 322 g/mol. The quantitative estimate of drug-likeness (QED) is 0.755. The average Bonchev–Trinajstić information content (AvgIpc) is 2.62. The standard InChI is InChI=1S/C19H18N2O3/c1-2-24-18-8-6-16(11-15(18)12-22)21-19(23)14-5-7-17-13(10-14)4-3-9-20-17/h3-11,22H,2,12H2,1H3,(H,21,23). The molecule has 0 saturated heterocycles. The zero-order chi connectivity index (χ0) is 16.9. The Kier molecular flexibility index (Phi) is 4.72. The number of nitrogens with zero attached hydrogens (tertiary/aromatic N) is 1. The zero-order valence-electron chi connectivity index (χ0n) is 13.3. The molecule has 1 amide bonds. The molecule has 0 spiro atoms. The first kappa shape index (κ1) is 16.0. The molecule has 0 saturated carbocycles. The SMILES string of the molecule is CCOc1ccc(NC(=O)c2ccc3ncccc3c2)cc1CO. The summed E-state index contributed by atoms with van der Waals surface area (Å²) in [5.74, 6) is 0.406. The van der Waals surface area contributed by atoms with Gasteiger partial charge in [-0.1, -0.05) is 6.07 Å². The van der Waals surface area contributed by atoms with E-state index in [1.165, 1.54) is 0 Å². The summed E-state index contributed by atoms with van der Waals surface area (Å²) in [6.45, 7) is 2.25. The van der Waals surface area contributed by atoms with E-state index in [0.717, 1.165) is 10.9 Å². The molecular weight excluding hydrogens is 304 g/mol. The summed E-state index contributed by atoms with van der Waals surface area (Å²) in [6, 6.07) is 14.3. The van der Waals surface area contributed by atoms with Gasteiger partial charge in [0.1, 0.15) is 5.75 Å². The van der Waals surface area contributed by atoms with Crippen LogP contribution in [0.2, 0.25) is 0 Å². The number of aliphatic hydroxyl groups is 1. The minimum atomic E-state index is -0.214. The Hall–Kier alpha value is -2.92. The second-order valence-electron chi connectivity index (χ2n) is 5.28. The zero-order valence-corrected chi connectivity index (χ0v) is 13.3. The molecule has 2 N–H and O–H groups in total. The van der Waals surface area contributed by atoms with Gasteiger partial charge in [0, 0.05) is 28.4 Å². The number of rotatable bonds is 5. The van der Waals surface area contributed by atoms with Crippen LogP contribution in [-0.4, -0.2) is 22.6 Å². The summed E-state index contributed by atoms with van der Waals surface area (Å²) in [4.78, 5) is 16.7. The van der Waals surface area contributed by atoms with Crippen LogP contribution in [0.4, 0.5) is 5.69 Å². The highest BCUT2D eigenvalue weighted by Gasteiger charge is 2.09. The Balaban J connectivity index is 1.82. The van der Waals surface area contributed by atoms with Crippen molar-refractivity contribution in [3.8, 4) is 5.75 Å². The van der Waals surface area contributed by atoms with Gasteiger partial charge in [-0.3, -0.25) is 9.78 Å². The number of amides is 1. The minimum Gasteiger partial charge on any atom is -0.494 e. The topological polar surface area (TPSA) is 71.5 Å². The van der Waals surface area contributed by atoms with Gasteiger partial charge in [-0.05, 0) is 49.4 Å². The summed E-state index contributed by atoms with van der Waals surface area (Å²) in [7, 11) is 0. The van der Waals surface area contributed by atoms with Crippen LogP contribution in [0.1, 0.15) is 22.8 Å². The molecule has 3 aromatic rings. The van der Waals surface area contributed by atoms with Gasteiger partial charge in [-0.2, -0.15) is 0 Å². The Morgan fingerprint density at radius 3 is 2.88 bits per heavy atom. The molecule has 0 atom stereocenters. The lowest BCUT2D eigenvalue weighted by Gasteiger charge is -2.11. The molecule has 0 aliphatic rings. The molecule has 1 heterocycles. The van der Waals surface area contributed by atoms with Crippen LogP contribution in [0.25, 0.3) is 10.9 Å². The van der Waals surface area contributed by atoms with Gasteiger partial charge in [0.25, 0.3) is 5.91 Å². The van der Waals surface area contributed by atoms with Gasteiger partial charge in [-0.15, -0.1) is 0 Å². The number of fused-ring (bicyclic) bond motifs is 1. The van der Waals surface area contributed by atoms with E-state index in [0.29, 0.717) is 29.2 Å². The number of pyridine rings is 1. The van der Waals surface area contributed by atoms with Crippen molar-refractivity contribution in [3.05, 3.63) is 65.9 Å². The number of benzene rings is 2. The number of aliphatic hydroxyl groups excluding tert-OH is 1. The van der Waals surface area contributed by atoms with Crippen molar-refractivity contribution in [2.75, 3.05) is 11.9 Å². The first-order valence-electron chi connectivity index (χ1n) is 7.74. The predicted molar refractivity (Wildman–Crippen MR) is 93.2 cm³/mol. The normalized spacial score (nSPS) is 10.6. The van der Waals surface area contributed by atoms with Gasteiger partial charge in [0.05, 0.1) is 18.7 Å². The Bertz CT molecular complexity index is 877. The highest BCUT2D eigenvalue weighted by molar-refractivity contribution is 6.06. The fourth-order valence-corrected chi connectivity index (χ4v) is 2.50. The highest BCUT2D eigenvalue weighted by atomic mass is 16.5. The average molecular weight is 322 g/mol. The van der Waals surface area contributed by atoms with Crippen LogP contribution in [-0.2, 0) is 6.61 Å². The van der Waals surface area contributed by atoms with E-state index in [-0.39, 0.29) is 12.5 Å². The minimum absolute atomic E-state index is 0.152. The van der Waals surface area contributed by atoms with Crippen molar-refractivity contribution in [2.45, 2.75) is 13.5 Å².